The van der Waals surface area contributed by atoms with Gasteiger partial charge in [0.05, 0.1) is 5.56 Å². The van der Waals surface area contributed by atoms with Gasteiger partial charge in [0.15, 0.2) is 0 Å². The molecule has 98 valence electrons. The molecule has 1 aromatic carbocycles. The Bertz CT molecular complexity index is 640. The highest BCUT2D eigenvalue weighted by Gasteiger charge is 2.29. The van der Waals surface area contributed by atoms with Crippen LogP contribution in [0.4, 0.5) is 10.4 Å². The number of hydrogen-bond acceptors (Lipinski definition) is 4. The number of hydrogen-bond donors (Lipinski definition) is 1. The molecule has 0 radical (unpaired) electrons. The highest BCUT2D eigenvalue weighted by Crippen LogP contribution is 2.39. The van der Waals surface area contributed by atoms with Crippen molar-refractivity contribution >= 4 is 27.9 Å². The zero-order valence-electron chi connectivity index (χ0n) is 9.69. The first-order chi connectivity index (χ1) is 9.13. The van der Waals surface area contributed by atoms with E-state index in [1.807, 2.05) is 0 Å². The third-order valence-corrected chi connectivity index (χ3v) is 3.45. The predicted octanol–water partition coefficient (Wildman–Crippen LogP) is 3.10. The number of nitrogens with one attached hydrogen (secondary N) is 1. The van der Waals surface area contributed by atoms with Gasteiger partial charge in [-0.1, -0.05) is 5.10 Å². The Balaban J connectivity index is 1.77. The Morgan fingerprint density at radius 1 is 1.42 bits per heavy atom. The van der Waals surface area contributed by atoms with Gasteiger partial charge in [-0.05, 0) is 47.0 Å². The molecule has 5 nitrogen and oxygen atoms in total. The molecule has 19 heavy (non-hydrogen) atoms. The normalized spacial score (nSPS) is 14.4. The summed E-state index contributed by atoms with van der Waals surface area (Å²) in [6.07, 6.45) is 2.07. The molecule has 1 amide bonds. The van der Waals surface area contributed by atoms with E-state index in [2.05, 4.69) is 31.4 Å². The van der Waals surface area contributed by atoms with Gasteiger partial charge in [-0.15, -0.1) is 5.10 Å². The lowest BCUT2D eigenvalue weighted by Crippen LogP contribution is -2.13. The van der Waals surface area contributed by atoms with Gasteiger partial charge in [-0.2, -0.15) is 0 Å². The first kappa shape index (κ1) is 12.3. The number of halogens is 2. The summed E-state index contributed by atoms with van der Waals surface area (Å²) in [4.78, 5) is 11.9. The third-order valence-electron chi connectivity index (χ3n) is 2.76. The third kappa shape index (κ3) is 2.65. The second kappa shape index (κ2) is 4.73. The van der Waals surface area contributed by atoms with Crippen LogP contribution in [-0.2, 0) is 0 Å². The lowest BCUT2D eigenvalue weighted by Gasteiger charge is -2.03. The maximum atomic E-state index is 13.1. The summed E-state index contributed by atoms with van der Waals surface area (Å²) in [6.45, 7) is 0. The molecule has 0 bridgehead atoms. The van der Waals surface area contributed by atoms with Crippen LogP contribution in [0, 0.1) is 5.82 Å². The fourth-order valence-corrected chi connectivity index (χ4v) is 2.04. The molecule has 1 heterocycles. The van der Waals surface area contributed by atoms with Crippen molar-refractivity contribution in [2.75, 3.05) is 5.32 Å². The molecule has 1 saturated carbocycles. The van der Waals surface area contributed by atoms with Crippen molar-refractivity contribution in [1.29, 1.82) is 0 Å². The average Bonchev–Trinajstić information content (AvgIpc) is 3.13. The number of carbonyl (C=O) groups is 1. The smallest absolute Gasteiger partial charge is 0.322 e. The second-order valence-electron chi connectivity index (χ2n) is 4.30. The Morgan fingerprint density at radius 2 is 2.21 bits per heavy atom. The second-order valence-corrected chi connectivity index (χ2v) is 5.15. The van der Waals surface area contributed by atoms with Crippen molar-refractivity contribution in [3.05, 3.63) is 39.9 Å². The van der Waals surface area contributed by atoms with Crippen LogP contribution in [0.15, 0.2) is 27.1 Å². The van der Waals surface area contributed by atoms with E-state index in [0.717, 1.165) is 18.9 Å². The van der Waals surface area contributed by atoms with E-state index in [4.69, 9.17) is 4.42 Å². The number of aromatic nitrogens is 2. The maximum Gasteiger partial charge on any atom is 0.322 e. The maximum absolute atomic E-state index is 13.1. The minimum Gasteiger partial charge on any atom is -0.408 e. The minimum atomic E-state index is -0.502. The van der Waals surface area contributed by atoms with E-state index in [9.17, 15) is 9.18 Å². The Kier molecular flexibility index (Phi) is 3.06. The van der Waals surface area contributed by atoms with Crippen molar-refractivity contribution < 1.29 is 13.6 Å². The number of anilines is 1. The van der Waals surface area contributed by atoms with Gasteiger partial charge in [-0.3, -0.25) is 10.1 Å². The summed E-state index contributed by atoms with van der Waals surface area (Å²) >= 11 is 3.19. The molecule has 7 heteroatoms. The van der Waals surface area contributed by atoms with Crippen LogP contribution in [0.3, 0.4) is 0 Å². The van der Waals surface area contributed by atoms with E-state index in [1.54, 1.807) is 0 Å². The SMILES string of the molecule is O=C(Nc1nnc(C2CC2)o1)c1cc(F)ccc1Br. The molecule has 0 saturated heterocycles. The van der Waals surface area contributed by atoms with E-state index in [-0.39, 0.29) is 11.6 Å². The molecule has 0 unspecified atom stereocenters. The Hall–Kier alpha value is -1.76. The predicted molar refractivity (Wildman–Crippen MR) is 68.3 cm³/mol. The van der Waals surface area contributed by atoms with Crippen LogP contribution >= 0.6 is 15.9 Å². The highest BCUT2D eigenvalue weighted by atomic mass is 79.9. The van der Waals surface area contributed by atoms with Gasteiger partial charge in [0.2, 0.25) is 5.89 Å². The van der Waals surface area contributed by atoms with Gasteiger partial charge in [0.25, 0.3) is 5.91 Å². The van der Waals surface area contributed by atoms with E-state index in [0.29, 0.717) is 16.3 Å². The molecule has 1 aliphatic carbocycles. The number of carbonyl (C=O) groups excluding carboxylic acids is 1. The molecule has 3 rings (SSSR count). The molecular weight excluding hydrogens is 317 g/mol. The Morgan fingerprint density at radius 3 is 2.95 bits per heavy atom. The lowest BCUT2D eigenvalue weighted by molar-refractivity contribution is 0.102. The van der Waals surface area contributed by atoms with Crippen LogP contribution in [0.5, 0.6) is 0 Å². The fraction of sp³-hybridized carbons (Fsp3) is 0.250. The first-order valence-electron chi connectivity index (χ1n) is 5.73. The summed E-state index contributed by atoms with van der Waals surface area (Å²) < 4.78 is 18.9. The van der Waals surface area contributed by atoms with Crippen molar-refractivity contribution in [3.8, 4) is 0 Å². The van der Waals surface area contributed by atoms with Crippen LogP contribution in [0.2, 0.25) is 0 Å². The molecule has 0 atom stereocenters. The Labute approximate surface area is 116 Å². The molecule has 1 aromatic heterocycles. The number of benzene rings is 1. The zero-order chi connectivity index (χ0) is 13.4. The van der Waals surface area contributed by atoms with E-state index < -0.39 is 11.7 Å². The fourth-order valence-electron chi connectivity index (χ4n) is 1.62. The van der Waals surface area contributed by atoms with Gasteiger partial charge < -0.3 is 4.42 Å². The van der Waals surface area contributed by atoms with Crippen LogP contribution in [-0.4, -0.2) is 16.1 Å². The summed E-state index contributed by atoms with van der Waals surface area (Å²) in [7, 11) is 0. The monoisotopic (exact) mass is 325 g/mol. The summed E-state index contributed by atoms with van der Waals surface area (Å²) in [5.74, 6) is -0.136. The topological polar surface area (TPSA) is 68.0 Å². The molecule has 1 fully saturated rings. The van der Waals surface area contributed by atoms with Crippen molar-refractivity contribution in [1.82, 2.24) is 10.2 Å². The largest absolute Gasteiger partial charge is 0.408 e. The van der Waals surface area contributed by atoms with Gasteiger partial charge in [-0.25, -0.2) is 4.39 Å². The molecule has 1 aliphatic rings. The first-order valence-corrected chi connectivity index (χ1v) is 6.52. The van der Waals surface area contributed by atoms with E-state index >= 15 is 0 Å². The molecular formula is C12H9BrFN3O2. The summed E-state index contributed by atoms with van der Waals surface area (Å²) in [5, 5.41) is 10.0. The van der Waals surface area contributed by atoms with Crippen LogP contribution < -0.4 is 5.32 Å². The van der Waals surface area contributed by atoms with Crippen molar-refractivity contribution in [2.45, 2.75) is 18.8 Å². The van der Waals surface area contributed by atoms with Crippen LogP contribution in [0.1, 0.15) is 35.0 Å². The van der Waals surface area contributed by atoms with Gasteiger partial charge >= 0.3 is 6.01 Å². The molecule has 1 N–H and O–H groups in total. The minimum absolute atomic E-state index is 0.0306. The van der Waals surface area contributed by atoms with E-state index in [1.165, 1.54) is 12.1 Å². The van der Waals surface area contributed by atoms with Crippen molar-refractivity contribution in [3.63, 3.8) is 0 Å². The van der Waals surface area contributed by atoms with Crippen LogP contribution in [0.25, 0.3) is 0 Å². The molecule has 2 aromatic rings. The molecule has 0 aliphatic heterocycles. The summed E-state index contributed by atoms with van der Waals surface area (Å²) in [5.41, 5.74) is 0.172. The number of nitrogens with zero attached hydrogens (tertiary/aromatic N) is 2. The zero-order valence-corrected chi connectivity index (χ0v) is 11.3. The molecule has 0 spiro atoms. The highest BCUT2D eigenvalue weighted by molar-refractivity contribution is 9.10. The quantitative estimate of drug-likeness (QED) is 0.941. The lowest BCUT2D eigenvalue weighted by atomic mass is 10.2. The standard InChI is InChI=1S/C12H9BrFN3O2/c13-9-4-3-7(14)5-8(9)10(18)15-12-17-16-11(19-12)6-1-2-6/h3-6H,1-2H2,(H,15,17,18). The van der Waals surface area contributed by atoms with Gasteiger partial charge in [0.1, 0.15) is 5.82 Å². The van der Waals surface area contributed by atoms with Gasteiger partial charge in [0, 0.05) is 10.4 Å². The average molecular weight is 326 g/mol. The number of amides is 1. The van der Waals surface area contributed by atoms with Crippen molar-refractivity contribution in [2.24, 2.45) is 0 Å². The summed E-state index contributed by atoms with van der Waals surface area (Å²) in [6, 6.07) is 3.90. The number of rotatable bonds is 3.